The Morgan fingerprint density at radius 2 is 2.11 bits per heavy atom. The van der Waals surface area contributed by atoms with E-state index in [1.54, 1.807) is 19.2 Å². The molecule has 28 heavy (non-hydrogen) atoms. The average Bonchev–Trinajstić information content (AvgIpc) is 3.10. The van der Waals surface area contributed by atoms with Gasteiger partial charge in [0, 0.05) is 45.3 Å². The van der Waals surface area contributed by atoms with E-state index in [0.29, 0.717) is 50.8 Å². The summed E-state index contributed by atoms with van der Waals surface area (Å²) in [6.07, 6.45) is 1.75. The largest absolute Gasteiger partial charge is 0.396 e. The van der Waals surface area contributed by atoms with Crippen LogP contribution in [0.25, 0.3) is 0 Å². The highest BCUT2D eigenvalue weighted by molar-refractivity contribution is 14.0. The number of hydrogen-bond donors (Lipinski definition) is 4. The molecule has 1 fully saturated rings. The molecular weight excluding hydrogens is 478 g/mol. The molecule has 0 radical (unpaired) electrons. The topological polar surface area (TPSA) is 95.0 Å². The highest BCUT2D eigenvalue weighted by Gasteiger charge is 2.34. The van der Waals surface area contributed by atoms with Crippen molar-refractivity contribution in [1.29, 1.82) is 0 Å². The van der Waals surface area contributed by atoms with Crippen molar-refractivity contribution in [1.82, 2.24) is 16.0 Å². The van der Waals surface area contributed by atoms with Gasteiger partial charge in [-0.15, -0.1) is 24.0 Å². The van der Waals surface area contributed by atoms with Crippen LogP contribution in [-0.2, 0) is 16.0 Å². The summed E-state index contributed by atoms with van der Waals surface area (Å²) in [5.74, 6) is 0.136. The predicted molar refractivity (Wildman–Crippen MR) is 117 cm³/mol. The third-order valence-corrected chi connectivity index (χ3v) is 4.67. The second kappa shape index (κ2) is 12.9. The van der Waals surface area contributed by atoms with Crippen LogP contribution in [0.5, 0.6) is 0 Å². The molecule has 2 rings (SSSR count). The van der Waals surface area contributed by atoms with Gasteiger partial charge in [-0.25, -0.2) is 4.39 Å². The van der Waals surface area contributed by atoms with E-state index in [1.807, 2.05) is 0 Å². The number of halogens is 2. The molecule has 0 aromatic heterocycles. The summed E-state index contributed by atoms with van der Waals surface area (Å²) in [6, 6.07) is 6.03. The number of guanidine groups is 1. The molecule has 1 heterocycles. The van der Waals surface area contributed by atoms with Gasteiger partial charge in [0.25, 0.3) is 0 Å². The molecule has 1 aromatic rings. The van der Waals surface area contributed by atoms with Crippen LogP contribution in [0.2, 0.25) is 0 Å². The van der Waals surface area contributed by atoms with Crippen molar-refractivity contribution in [3.63, 3.8) is 0 Å². The van der Waals surface area contributed by atoms with Gasteiger partial charge in [0.15, 0.2) is 5.96 Å². The van der Waals surface area contributed by atoms with Crippen molar-refractivity contribution in [3.8, 4) is 0 Å². The molecule has 1 aliphatic rings. The van der Waals surface area contributed by atoms with E-state index in [1.165, 1.54) is 12.1 Å². The third-order valence-electron chi connectivity index (χ3n) is 4.67. The van der Waals surface area contributed by atoms with Crippen LogP contribution in [0, 0.1) is 11.2 Å². The molecule has 158 valence electrons. The Bertz CT molecular complexity index is 639. The number of benzene rings is 1. The monoisotopic (exact) mass is 508 g/mol. The zero-order valence-corrected chi connectivity index (χ0v) is 18.5. The summed E-state index contributed by atoms with van der Waals surface area (Å²) in [5, 5.41) is 18.5. The lowest BCUT2D eigenvalue weighted by molar-refractivity contribution is -0.120. The Kier molecular flexibility index (Phi) is 11.3. The van der Waals surface area contributed by atoms with Crippen LogP contribution < -0.4 is 16.0 Å². The molecule has 4 N–H and O–H groups in total. The zero-order chi connectivity index (χ0) is 19.5. The second-order valence-electron chi connectivity index (χ2n) is 6.79. The number of hydrogen-bond acceptors (Lipinski definition) is 4. The first-order valence-electron chi connectivity index (χ1n) is 9.21. The molecule has 0 bridgehead atoms. The maximum atomic E-state index is 13.1. The highest BCUT2D eigenvalue weighted by atomic mass is 127. The fourth-order valence-corrected chi connectivity index (χ4v) is 3.08. The SMILES string of the molecule is CN=C(NCCNC(=O)Cc1cccc(F)c1)NCC1(CCO)CCOC1.I. The second-order valence-corrected chi connectivity index (χ2v) is 6.79. The van der Waals surface area contributed by atoms with Gasteiger partial charge in [-0.05, 0) is 30.5 Å². The van der Waals surface area contributed by atoms with E-state index in [-0.39, 0.29) is 54.1 Å². The number of carbonyl (C=O) groups is 1. The smallest absolute Gasteiger partial charge is 0.224 e. The van der Waals surface area contributed by atoms with Gasteiger partial charge >= 0.3 is 0 Å². The first-order valence-corrected chi connectivity index (χ1v) is 9.21. The van der Waals surface area contributed by atoms with Gasteiger partial charge in [0.1, 0.15) is 5.82 Å². The first-order chi connectivity index (χ1) is 13.1. The van der Waals surface area contributed by atoms with E-state index in [2.05, 4.69) is 20.9 Å². The predicted octanol–water partition coefficient (Wildman–Crippen LogP) is 1.06. The number of ether oxygens (including phenoxy) is 1. The standard InChI is InChI=1S/C19H29FN4O3.HI/c1-21-18(24-13-19(5-9-25)6-10-27-14-19)23-8-7-22-17(26)12-15-3-2-4-16(20)11-15;/h2-4,11,25H,5-10,12-14H2,1H3,(H,22,26)(H2,21,23,24);1H. The summed E-state index contributed by atoms with van der Waals surface area (Å²) >= 11 is 0. The zero-order valence-electron chi connectivity index (χ0n) is 16.2. The first kappa shape index (κ1) is 24.6. The average molecular weight is 508 g/mol. The Labute approximate surface area is 182 Å². The molecule has 0 aliphatic carbocycles. The maximum Gasteiger partial charge on any atom is 0.224 e. The van der Waals surface area contributed by atoms with Crippen molar-refractivity contribution in [3.05, 3.63) is 35.6 Å². The molecule has 0 saturated carbocycles. The number of nitrogens with zero attached hydrogens (tertiary/aromatic N) is 1. The van der Waals surface area contributed by atoms with Crippen molar-refractivity contribution in [2.75, 3.05) is 46.5 Å². The number of aliphatic hydroxyl groups excluding tert-OH is 1. The van der Waals surface area contributed by atoms with Crippen molar-refractivity contribution in [2.24, 2.45) is 10.4 Å². The Balaban J connectivity index is 0.00000392. The molecule has 7 nitrogen and oxygen atoms in total. The van der Waals surface area contributed by atoms with E-state index in [9.17, 15) is 14.3 Å². The van der Waals surface area contributed by atoms with Crippen LogP contribution in [0.3, 0.4) is 0 Å². The lowest BCUT2D eigenvalue weighted by atomic mass is 9.84. The minimum absolute atomic E-state index is 0. The van der Waals surface area contributed by atoms with Gasteiger partial charge in [-0.3, -0.25) is 9.79 Å². The van der Waals surface area contributed by atoms with Crippen LogP contribution in [0.15, 0.2) is 29.3 Å². The third kappa shape index (κ3) is 8.27. The van der Waals surface area contributed by atoms with E-state index in [4.69, 9.17) is 4.74 Å². The van der Waals surface area contributed by atoms with E-state index < -0.39 is 0 Å². The van der Waals surface area contributed by atoms with Gasteiger partial charge in [0.2, 0.25) is 5.91 Å². The van der Waals surface area contributed by atoms with Crippen molar-refractivity contribution >= 4 is 35.8 Å². The van der Waals surface area contributed by atoms with Crippen LogP contribution in [0.1, 0.15) is 18.4 Å². The number of carbonyl (C=O) groups excluding carboxylic acids is 1. The van der Waals surface area contributed by atoms with E-state index >= 15 is 0 Å². The van der Waals surface area contributed by atoms with Gasteiger partial charge in [-0.1, -0.05) is 12.1 Å². The van der Waals surface area contributed by atoms with Gasteiger partial charge in [0.05, 0.1) is 13.0 Å². The number of amides is 1. The summed E-state index contributed by atoms with van der Waals surface area (Å²) < 4.78 is 18.6. The number of aliphatic hydroxyl groups is 1. The highest BCUT2D eigenvalue weighted by Crippen LogP contribution is 2.31. The lowest BCUT2D eigenvalue weighted by Crippen LogP contribution is -2.46. The maximum absolute atomic E-state index is 13.1. The Morgan fingerprint density at radius 1 is 1.32 bits per heavy atom. The Morgan fingerprint density at radius 3 is 2.75 bits per heavy atom. The van der Waals surface area contributed by atoms with E-state index in [0.717, 1.165) is 6.42 Å². The molecule has 1 saturated heterocycles. The summed E-state index contributed by atoms with van der Waals surface area (Å²) in [7, 11) is 1.68. The normalized spacial score (nSPS) is 19.0. The fourth-order valence-electron chi connectivity index (χ4n) is 3.08. The minimum Gasteiger partial charge on any atom is -0.396 e. The number of rotatable bonds is 9. The summed E-state index contributed by atoms with van der Waals surface area (Å²) in [6.45, 7) is 3.09. The molecule has 1 aromatic carbocycles. The minimum atomic E-state index is -0.344. The van der Waals surface area contributed by atoms with Gasteiger partial charge < -0.3 is 25.8 Å². The molecule has 1 amide bonds. The van der Waals surface area contributed by atoms with Crippen molar-refractivity contribution < 1.29 is 19.0 Å². The Hall–Kier alpha value is -1.46. The number of aliphatic imine (C=N–C) groups is 1. The van der Waals surface area contributed by atoms with Gasteiger partial charge in [-0.2, -0.15) is 0 Å². The summed E-state index contributed by atoms with van der Waals surface area (Å²) in [4.78, 5) is 16.1. The molecule has 9 heteroatoms. The fraction of sp³-hybridized carbons (Fsp3) is 0.579. The number of nitrogens with one attached hydrogen (secondary N) is 3. The molecule has 1 aliphatic heterocycles. The molecule has 0 spiro atoms. The molecule has 1 atom stereocenters. The van der Waals surface area contributed by atoms with Crippen LogP contribution in [-0.4, -0.2) is 63.5 Å². The molecular formula is C19H30FIN4O3. The summed E-state index contributed by atoms with van der Waals surface area (Å²) in [5.41, 5.74) is 0.580. The molecule has 1 unspecified atom stereocenters. The lowest BCUT2D eigenvalue weighted by Gasteiger charge is -2.27. The van der Waals surface area contributed by atoms with Crippen LogP contribution in [0.4, 0.5) is 4.39 Å². The van der Waals surface area contributed by atoms with Crippen molar-refractivity contribution in [2.45, 2.75) is 19.3 Å². The van der Waals surface area contributed by atoms with Crippen LogP contribution >= 0.6 is 24.0 Å². The quantitative estimate of drug-likeness (QED) is 0.173.